The highest BCUT2D eigenvalue weighted by atomic mass is 16.5. The number of methoxy groups -OCH3 is 1. The maximum Gasteiger partial charge on any atom is 0.217 e. The van der Waals surface area contributed by atoms with Crippen LogP contribution in [0.3, 0.4) is 0 Å². The number of rotatable bonds is 5. The molecule has 0 fully saturated rings. The minimum absolute atomic E-state index is 0.00986. The Bertz CT molecular complexity index is 350. The molecule has 0 spiro atoms. The Morgan fingerprint density at radius 1 is 1.44 bits per heavy atom. The van der Waals surface area contributed by atoms with Crippen molar-refractivity contribution in [1.29, 1.82) is 0 Å². The Labute approximate surface area is 96.8 Å². The molecule has 1 rings (SSSR count). The van der Waals surface area contributed by atoms with Crippen molar-refractivity contribution in [2.45, 2.75) is 32.7 Å². The van der Waals surface area contributed by atoms with E-state index in [0.29, 0.717) is 0 Å². The summed E-state index contributed by atoms with van der Waals surface area (Å²) >= 11 is 0. The first kappa shape index (κ1) is 12.6. The van der Waals surface area contributed by atoms with E-state index in [0.717, 1.165) is 24.2 Å². The van der Waals surface area contributed by atoms with Crippen LogP contribution in [0.5, 0.6) is 5.75 Å². The Kier molecular flexibility index (Phi) is 4.83. The highest BCUT2D eigenvalue weighted by Crippen LogP contribution is 2.27. The number of ether oxygens (including phenoxy) is 1. The van der Waals surface area contributed by atoms with Crippen LogP contribution in [0.15, 0.2) is 24.3 Å². The summed E-state index contributed by atoms with van der Waals surface area (Å²) in [4.78, 5) is 11.2. The fourth-order valence-electron chi connectivity index (χ4n) is 1.79. The number of carbonyl (C=O) groups excluding carboxylic acids is 1. The van der Waals surface area contributed by atoms with Gasteiger partial charge < -0.3 is 10.1 Å². The first-order valence-electron chi connectivity index (χ1n) is 5.59. The van der Waals surface area contributed by atoms with E-state index < -0.39 is 0 Å². The summed E-state index contributed by atoms with van der Waals surface area (Å²) in [6.45, 7) is 3.64. The van der Waals surface area contributed by atoms with Gasteiger partial charge in [0.25, 0.3) is 0 Å². The predicted molar refractivity (Wildman–Crippen MR) is 64.5 cm³/mol. The number of hydrogen-bond acceptors (Lipinski definition) is 2. The lowest BCUT2D eigenvalue weighted by molar-refractivity contribution is -0.119. The monoisotopic (exact) mass is 221 g/mol. The van der Waals surface area contributed by atoms with Crippen molar-refractivity contribution in [2.75, 3.05) is 7.11 Å². The number of hydrogen-bond donors (Lipinski definition) is 1. The number of nitrogens with one attached hydrogen (secondary N) is 1. The van der Waals surface area contributed by atoms with E-state index >= 15 is 0 Å². The van der Waals surface area contributed by atoms with Crippen LogP contribution in [0.4, 0.5) is 0 Å². The molecule has 1 N–H and O–H groups in total. The smallest absolute Gasteiger partial charge is 0.217 e. The number of carbonyl (C=O) groups is 1. The van der Waals surface area contributed by atoms with Crippen LogP contribution in [-0.4, -0.2) is 13.0 Å². The third-order valence-corrected chi connectivity index (χ3v) is 2.47. The summed E-state index contributed by atoms with van der Waals surface area (Å²) in [7, 11) is 1.65. The first-order chi connectivity index (χ1) is 7.69. The van der Waals surface area contributed by atoms with Gasteiger partial charge >= 0.3 is 0 Å². The van der Waals surface area contributed by atoms with Crippen LogP contribution >= 0.6 is 0 Å². The van der Waals surface area contributed by atoms with Crippen molar-refractivity contribution in [3.63, 3.8) is 0 Å². The molecule has 1 aromatic carbocycles. The summed E-state index contributed by atoms with van der Waals surface area (Å²) in [5, 5.41) is 2.95. The molecule has 3 heteroatoms. The molecule has 0 aliphatic carbocycles. The first-order valence-corrected chi connectivity index (χ1v) is 5.59. The second-order valence-corrected chi connectivity index (χ2v) is 3.78. The highest BCUT2D eigenvalue weighted by molar-refractivity contribution is 5.73. The molecule has 0 aliphatic heterocycles. The lowest BCUT2D eigenvalue weighted by atomic mass is 10.0. The van der Waals surface area contributed by atoms with Crippen molar-refractivity contribution in [3.05, 3.63) is 29.8 Å². The van der Waals surface area contributed by atoms with Crippen LogP contribution in [-0.2, 0) is 4.79 Å². The molecule has 0 aliphatic rings. The minimum Gasteiger partial charge on any atom is -0.496 e. The Hall–Kier alpha value is -1.51. The number of para-hydroxylation sites is 1. The van der Waals surface area contributed by atoms with E-state index in [1.165, 1.54) is 6.92 Å². The van der Waals surface area contributed by atoms with Gasteiger partial charge in [0.1, 0.15) is 5.75 Å². The summed E-state index contributed by atoms with van der Waals surface area (Å²) in [5.74, 6) is 0.819. The van der Waals surface area contributed by atoms with Crippen LogP contribution in [0.25, 0.3) is 0 Å². The van der Waals surface area contributed by atoms with E-state index in [9.17, 15) is 4.79 Å². The molecule has 0 saturated heterocycles. The molecule has 1 amide bonds. The van der Waals surface area contributed by atoms with E-state index in [1.54, 1.807) is 7.11 Å². The third kappa shape index (κ3) is 3.26. The van der Waals surface area contributed by atoms with E-state index in [-0.39, 0.29) is 11.9 Å². The van der Waals surface area contributed by atoms with E-state index in [2.05, 4.69) is 12.2 Å². The lowest BCUT2D eigenvalue weighted by Gasteiger charge is -2.19. The fourth-order valence-corrected chi connectivity index (χ4v) is 1.79. The Morgan fingerprint density at radius 3 is 2.69 bits per heavy atom. The normalized spacial score (nSPS) is 11.9. The molecular weight excluding hydrogens is 202 g/mol. The van der Waals surface area contributed by atoms with E-state index in [1.807, 2.05) is 24.3 Å². The topological polar surface area (TPSA) is 38.3 Å². The fraction of sp³-hybridized carbons (Fsp3) is 0.462. The van der Waals surface area contributed by atoms with Crippen molar-refractivity contribution in [2.24, 2.45) is 0 Å². The Balaban J connectivity index is 2.94. The zero-order valence-corrected chi connectivity index (χ0v) is 10.1. The standard InChI is InChI=1S/C13H19NO2/c1-4-7-12(14-10(2)15)11-8-5-6-9-13(11)16-3/h5-6,8-9,12H,4,7H2,1-3H3,(H,14,15). The molecule has 3 nitrogen and oxygen atoms in total. The van der Waals surface area contributed by atoms with Crippen LogP contribution in [0.2, 0.25) is 0 Å². The molecule has 0 bridgehead atoms. The lowest BCUT2D eigenvalue weighted by Crippen LogP contribution is -2.26. The highest BCUT2D eigenvalue weighted by Gasteiger charge is 2.15. The van der Waals surface area contributed by atoms with Gasteiger partial charge in [-0.1, -0.05) is 31.5 Å². The average Bonchev–Trinajstić information content (AvgIpc) is 2.28. The van der Waals surface area contributed by atoms with Gasteiger partial charge in [0.05, 0.1) is 13.2 Å². The molecule has 88 valence electrons. The average molecular weight is 221 g/mol. The van der Waals surface area contributed by atoms with Crippen molar-refractivity contribution in [1.82, 2.24) is 5.32 Å². The number of amides is 1. The van der Waals surface area contributed by atoms with Gasteiger partial charge in [0.2, 0.25) is 5.91 Å². The van der Waals surface area contributed by atoms with Gasteiger partial charge in [0.15, 0.2) is 0 Å². The van der Waals surface area contributed by atoms with Gasteiger partial charge in [-0.2, -0.15) is 0 Å². The molecule has 1 aromatic rings. The van der Waals surface area contributed by atoms with Crippen LogP contribution in [0, 0.1) is 0 Å². The molecular formula is C13H19NO2. The maximum absolute atomic E-state index is 11.2. The molecule has 1 atom stereocenters. The zero-order valence-electron chi connectivity index (χ0n) is 10.1. The Morgan fingerprint density at radius 2 is 2.12 bits per heavy atom. The molecule has 0 heterocycles. The maximum atomic E-state index is 11.2. The van der Waals surface area contributed by atoms with Crippen molar-refractivity contribution in [3.8, 4) is 5.75 Å². The van der Waals surface area contributed by atoms with Gasteiger partial charge in [-0.25, -0.2) is 0 Å². The van der Waals surface area contributed by atoms with Crippen molar-refractivity contribution < 1.29 is 9.53 Å². The third-order valence-electron chi connectivity index (χ3n) is 2.47. The minimum atomic E-state index is -0.00986. The summed E-state index contributed by atoms with van der Waals surface area (Å²) < 4.78 is 5.30. The second-order valence-electron chi connectivity index (χ2n) is 3.78. The van der Waals surface area contributed by atoms with Crippen LogP contribution in [0.1, 0.15) is 38.3 Å². The van der Waals surface area contributed by atoms with Gasteiger partial charge in [-0.3, -0.25) is 4.79 Å². The summed E-state index contributed by atoms with van der Waals surface area (Å²) in [5.41, 5.74) is 1.04. The quantitative estimate of drug-likeness (QED) is 0.830. The largest absolute Gasteiger partial charge is 0.496 e. The second kappa shape index (κ2) is 6.16. The molecule has 1 unspecified atom stereocenters. The molecule has 0 radical (unpaired) electrons. The van der Waals surface area contributed by atoms with Crippen molar-refractivity contribution >= 4 is 5.91 Å². The molecule has 0 saturated carbocycles. The van der Waals surface area contributed by atoms with Gasteiger partial charge in [-0.15, -0.1) is 0 Å². The number of benzene rings is 1. The molecule has 0 aromatic heterocycles. The van der Waals surface area contributed by atoms with E-state index in [4.69, 9.17) is 4.74 Å². The predicted octanol–water partition coefficient (Wildman–Crippen LogP) is 2.67. The van der Waals surface area contributed by atoms with Crippen LogP contribution < -0.4 is 10.1 Å². The SMILES string of the molecule is CCCC(NC(C)=O)c1ccccc1OC. The summed E-state index contributed by atoms with van der Waals surface area (Å²) in [6.07, 6.45) is 1.93. The summed E-state index contributed by atoms with van der Waals surface area (Å²) in [6, 6.07) is 7.84. The van der Waals surface area contributed by atoms with Gasteiger partial charge in [-0.05, 0) is 12.5 Å². The molecule has 16 heavy (non-hydrogen) atoms. The van der Waals surface area contributed by atoms with Gasteiger partial charge in [0, 0.05) is 12.5 Å². The zero-order chi connectivity index (χ0) is 12.0.